The van der Waals surface area contributed by atoms with Crippen molar-refractivity contribution in [2.75, 3.05) is 19.7 Å². The molecule has 2 rings (SSSR count). The normalized spacial score (nSPS) is 35.6. The number of likely N-dealkylation sites (tertiary alicyclic amines) is 1. The molecule has 1 aliphatic carbocycles. The van der Waals surface area contributed by atoms with Crippen molar-refractivity contribution in [2.45, 2.75) is 51.7 Å². The molecule has 0 bridgehead atoms. The van der Waals surface area contributed by atoms with Gasteiger partial charge in [-0.25, -0.2) is 0 Å². The number of hydrogen-bond acceptors (Lipinski definition) is 2. The fourth-order valence-electron chi connectivity index (χ4n) is 2.72. The van der Waals surface area contributed by atoms with Crippen LogP contribution in [0.5, 0.6) is 0 Å². The maximum absolute atomic E-state index is 5.58. The van der Waals surface area contributed by atoms with Crippen molar-refractivity contribution in [3.63, 3.8) is 0 Å². The standard InChI is InChI=1S/C12H23NO/c1-3-14-12-8-13(9-12)11-6-4-10(2)5-7-11/h10-12H,3-9H2,1-2H3. The highest BCUT2D eigenvalue weighted by molar-refractivity contribution is 4.88. The van der Waals surface area contributed by atoms with Gasteiger partial charge in [-0.05, 0) is 38.5 Å². The summed E-state index contributed by atoms with van der Waals surface area (Å²) in [6.45, 7) is 7.72. The Balaban J connectivity index is 1.67. The van der Waals surface area contributed by atoms with Crippen molar-refractivity contribution in [1.29, 1.82) is 0 Å². The summed E-state index contributed by atoms with van der Waals surface area (Å²) in [6, 6.07) is 0.878. The summed E-state index contributed by atoms with van der Waals surface area (Å²) >= 11 is 0. The van der Waals surface area contributed by atoms with Gasteiger partial charge in [0.25, 0.3) is 0 Å². The maximum Gasteiger partial charge on any atom is 0.0828 e. The molecule has 0 N–H and O–H groups in total. The Morgan fingerprint density at radius 3 is 2.36 bits per heavy atom. The van der Waals surface area contributed by atoms with Gasteiger partial charge >= 0.3 is 0 Å². The fourth-order valence-corrected chi connectivity index (χ4v) is 2.72. The van der Waals surface area contributed by atoms with Gasteiger partial charge in [0.05, 0.1) is 6.10 Å². The van der Waals surface area contributed by atoms with Gasteiger partial charge in [0, 0.05) is 25.7 Å². The second-order valence-electron chi connectivity index (χ2n) is 4.94. The zero-order valence-corrected chi connectivity index (χ0v) is 9.54. The van der Waals surface area contributed by atoms with Crippen LogP contribution >= 0.6 is 0 Å². The zero-order chi connectivity index (χ0) is 9.97. The van der Waals surface area contributed by atoms with Crippen LogP contribution in [-0.4, -0.2) is 36.7 Å². The first-order valence-electron chi connectivity index (χ1n) is 6.15. The van der Waals surface area contributed by atoms with E-state index in [4.69, 9.17) is 4.74 Å². The highest BCUT2D eigenvalue weighted by atomic mass is 16.5. The molecule has 2 fully saturated rings. The van der Waals surface area contributed by atoms with Crippen LogP contribution in [0.25, 0.3) is 0 Å². The monoisotopic (exact) mass is 197 g/mol. The second kappa shape index (κ2) is 4.63. The van der Waals surface area contributed by atoms with Crippen LogP contribution in [0.2, 0.25) is 0 Å². The summed E-state index contributed by atoms with van der Waals surface area (Å²) in [7, 11) is 0. The Morgan fingerprint density at radius 1 is 1.14 bits per heavy atom. The van der Waals surface area contributed by atoms with E-state index in [-0.39, 0.29) is 0 Å². The summed E-state index contributed by atoms with van der Waals surface area (Å²) < 4.78 is 5.58. The molecule has 2 heteroatoms. The molecule has 0 aromatic carbocycles. The molecule has 1 saturated heterocycles. The Hall–Kier alpha value is -0.0800. The SMILES string of the molecule is CCOC1CN(C2CCC(C)CC2)C1. The van der Waals surface area contributed by atoms with Crippen molar-refractivity contribution in [3.8, 4) is 0 Å². The van der Waals surface area contributed by atoms with Crippen LogP contribution < -0.4 is 0 Å². The number of hydrogen-bond donors (Lipinski definition) is 0. The molecule has 0 unspecified atom stereocenters. The fraction of sp³-hybridized carbons (Fsp3) is 1.00. The smallest absolute Gasteiger partial charge is 0.0828 e. The molecular weight excluding hydrogens is 174 g/mol. The Labute approximate surface area is 87.6 Å². The largest absolute Gasteiger partial charge is 0.376 e. The van der Waals surface area contributed by atoms with Crippen LogP contribution in [0.1, 0.15) is 39.5 Å². The van der Waals surface area contributed by atoms with Gasteiger partial charge in [-0.3, -0.25) is 4.90 Å². The van der Waals surface area contributed by atoms with Gasteiger partial charge in [-0.1, -0.05) is 6.92 Å². The Bertz CT molecular complexity index is 169. The summed E-state index contributed by atoms with van der Waals surface area (Å²) in [6.07, 6.45) is 6.24. The predicted octanol–water partition coefficient (Wildman–Crippen LogP) is 2.29. The summed E-state index contributed by atoms with van der Waals surface area (Å²) in [5, 5.41) is 0. The highest BCUT2D eigenvalue weighted by Gasteiger charge is 2.33. The maximum atomic E-state index is 5.58. The zero-order valence-electron chi connectivity index (χ0n) is 9.54. The first-order chi connectivity index (χ1) is 6.79. The molecule has 1 aliphatic heterocycles. The quantitative estimate of drug-likeness (QED) is 0.688. The van der Waals surface area contributed by atoms with E-state index in [2.05, 4.69) is 18.7 Å². The predicted molar refractivity (Wildman–Crippen MR) is 58.4 cm³/mol. The van der Waals surface area contributed by atoms with Gasteiger partial charge in [0.2, 0.25) is 0 Å². The molecule has 2 nitrogen and oxygen atoms in total. The molecule has 0 aromatic heterocycles. The Kier molecular flexibility index (Phi) is 3.45. The lowest BCUT2D eigenvalue weighted by molar-refractivity contribution is -0.0748. The van der Waals surface area contributed by atoms with Gasteiger partial charge in [0.15, 0.2) is 0 Å². The molecule has 1 saturated carbocycles. The molecule has 0 atom stereocenters. The highest BCUT2D eigenvalue weighted by Crippen LogP contribution is 2.30. The lowest BCUT2D eigenvalue weighted by Crippen LogP contribution is -2.57. The lowest BCUT2D eigenvalue weighted by Gasteiger charge is -2.46. The third-order valence-electron chi connectivity index (χ3n) is 3.78. The van der Waals surface area contributed by atoms with Crippen molar-refractivity contribution >= 4 is 0 Å². The summed E-state index contributed by atoms with van der Waals surface area (Å²) in [4.78, 5) is 2.62. The van der Waals surface area contributed by atoms with Crippen molar-refractivity contribution in [2.24, 2.45) is 5.92 Å². The number of rotatable bonds is 3. The number of ether oxygens (including phenoxy) is 1. The van der Waals surface area contributed by atoms with Crippen molar-refractivity contribution in [1.82, 2.24) is 4.90 Å². The summed E-state index contributed by atoms with van der Waals surface area (Å²) in [5.41, 5.74) is 0. The van der Waals surface area contributed by atoms with Crippen LogP contribution in [0.4, 0.5) is 0 Å². The third kappa shape index (κ3) is 2.29. The van der Waals surface area contributed by atoms with Crippen LogP contribution in [-0.2, 0) is 4.74 Å². The minimum atomic E-state index is 0.541. The van der Waals surface area contributed by atoms with E-state index >= 15 is 0 Å². The molecule has 0 radical (unpaired) electrons. The van der Waals surface area contributed by atoms with Crippen LogP contribution in [0.15, 0.2) is 0 Å². The molecule has 0 spiro atoms. The van der Waals surface area contributed by atoms with E-state index in [0.717, 1.165) is 18.6 Å². The van der Waals surface area contributed by atoms with E-state index in [1.54, 1.807) is 0 Å². The lowest BCUT2D eigenvalue weighted by atomic mass is 9.85. The van der Waals surface area contributed by atoms with E-state index < -0.39 is 0 Å². The minimum absolute atomic E-state index is 0.541. The average Bonchev–Trinajstić information content (AvgIpc) is 2.13. The van der Waals surface area contributed by atoms with E-state index in [1.807, 2.05) is 0 Å². The molecule has 0 aromatic rings. The van der Waals surface area contributed by atoms with Crippen LogP contribution in [0.3, 0.4) is 0 Å². The molecule has 82 valence electrons. The summed E-state index contributed by atoms with van der Waals surface area (Å²) in [5.74, 6) is 0.968. The van der Waals surface area contributed by atoms with E-state index in [0.29, 0.717) is 6.10 Å². The van der Waals surface area contributed by atoms with Gasteiger partial charge < -0.3 is 4.74 Å². The average molecular weight is 197 g/mol. The van der Waals surface area contributed by atoms with Crippen molar-refractivity contribution < 1.29 is 4.74 Å². The third-order valence-corrected chi connectivity index (χ3v) is 3.78. The molecular formula is C12H23NO. The molecule has 0 amide bonds. The first-order valence-corrected chi connectivity index (χ1v) is 6.15. The van der Waals surface area contributed by atoms with Gasteiger partial charge in [0.1, 0.15) is 0 Å². The topological polar surface area (TPSA) is 12.5 Å². The van der Waals surface area contributed by atoms with Gasteiger partial charge in [-0.2, -0.15) is 0 Å². The molecule has 14 heavy (non-hydrogen) atoms. The van der Waals surface area contributed by atoms with E-state index in [9.17, 15) is 0 Å². The van der Waals surface area contributed by atoms with Crippen LogP contribution in [0, 0.1) is 5.92 Å². The molecule has 2 aliphatic rings. The Morgan fingerprint density at radius 2 is 1.79 bits per heavy atom. The van der Waals surface area contributed by atoms with E-state index in [1.165, 1.54) is 38.8 Å². The molecule has 1 heterocycles. The first kappa shape index (κ1) is 10.4. The number of nitrogens with zero attached hydrogens (tertiary/aromatic N) is 1. The van der Waals surface area contributed by atoms with Crippen molar-refractivity contribution in [3.05, 3.63) is 0 Å². The van der Waals surface area contributed by atoms with Gasteiger partial charge in [-0.15, -0.1) is 0 Å². The second-order valence-corrected chi connectivity index (χ2v) is 4.94. The minimum Gasteiger partial charge on any atom is -0.376 e.